The van der Waals surface area contributed by atoms with Gasteiger partial charge in [-0.25, -0.2) is 4.99 Å². The van der Waals surface area contributed by atoms with Crippen LogP contribution in [0.1, 0.15) is 18.1 Å². The minimum absolute atomic E-state index is 0.0395. The first kappa shape index (κ1) is 20.4. The van der Waals surface area contributed by atoms with Crippen LogP contribution in [0.5, 0.6) is 11.5 Å². The lowest BCUT2D eigenvalue weighted by molar-refractivity contribution is -0.386. The smallest absolute Gasteiger partial charge is 0.315 e. The molecule has 29 heavy (non-hydrogen) atoms. The molecule has 2 aromatic carbocycles. The Hall–Kier alpha value is -3.33. The van der Waals surface area contributed by atoms with Crippen LogP contribution in [0.3, 0.4) is 0 Å². The fourth-order valence-corrected chi connectivity index (χ4v) is 3.81. The third-order valence-electron chi connectivity index (χ3n) is 4.25. The second kappa shape index (κ2) is 8.36. The summed E-state index contributed by atoms with van der Waals surface area (Å²) in [6.07, 6.45) is 1.53. The number of likely N-dealkylation sites (N-methyl/N-ethyl adjacent to an activating group) is 1. The van der Waals surface area contributed by atoms with Crippen molar-refractivity contribution < 1.29 is 19.6 Å². The highest BCUT2D eigenvalue weighted by atomic mass is 32.2. The molecule has 1 amide bonds. The van der Waals surface area contributed by atoms with Crippen LogP contribution >= 0.6 is 11.8 Å². The fraction of sp³-hybridized carbons (Fsp3) is 0.200. The standard InChI is InChI=1S/C20H19N3O5S/c1-4-22-19(25)17(29-20(22)21-14-7-5-12(2)6-8-14)11-13-9-15(23(26)27)18(24)16(10-13)28-3/h5-11,24H,4H2,1-3H3/b17-11+,21-20?. The van der Waals surface area contributed by atoms with Gasteiger partial charge < -0.3 is 9.84 Å². The first-order chi connectivity index (χ1) is 13.8. The van der Waals surface area contributed by atoms with Gasteiger partial charge in [0, 0.05) is 12.6 Å². The zero-order valence-electron chi connectivity index (χ0n) is 16.1. The number of methoxy groups -OCH3 is 1. The second-order valence-electron chi connectivity index (χ2n) is 6.24. The van der Waals surface area contributed by atoms with Crippen molar-refractivity contribution in [3.8, 4) is 11.5 Å². The second-order valence-corrected chi connectivity index (χ2v) is 7.25. The topological polar surface area (TPSA) is 105 Å². The number of aromatic hydroxyl groups is 1. The Bertz CT molecular complexity index is 1030. The van der Waals surface area contributed by atoms with Crippen molar-refractivity contribution in [2.24, 2.45) is 4.99 Å². The number of carbonyl (C=O) groups is 1. The van der Waals surface area contributed by atoms with Gasteiger partial charge in [0.25, 0.3) is 5.91 Å². The molecule has 0 aliphatic carbocycles. The van der Waals surface area contributed by atoms with Gasteiger partial charge in [-0.15, -0.1) is 0 Å². The molecule has 1 saturated heterocycles. The number of phenolic OH excluding ortho intramolecular Hbond substituents is 1. The number of thioether (sulfide) groups is 1. The summed E-state index contributed by atoms with van der Waals surface area (Å²) in [4.78, 5) is 29.7. The average Bonchev–Trinajstić information content (AvgIpc) is 2.98. The normalized spacial score (nSPS) is 16.7. The molecule has 0 atom stereocenters. The molecule has 1 N–H and O–H groups in total. The van der Waals surface area contributed by atoms with Crippen molar-refractivity contribution in [1.29, 1.82) is 0 Å². The van der Waals surface area contributed by atoms with Gasteiger partial charge in [-0.2, -0.15) is 0 Å². The molecule has 1 fully saturated rings. The van der Waals surface area contributed by atoms with Crippen LogP contribution < -0.4 is 4.74 Å². The zero-order chi connectivity index (χ0) is 21.1. The third-order valence-corrected chi connectivity index (χ3v) is 5.26. The summed E-state index contributed by atoms with van der Waals surface area (Å²) in [7, 11) is 1.30. The van der Waals surface area contributed by atoms with Crippen LogP contribution in [0, 0.1) is 17.0 Å². The molecule has 2 aromatic rings. The molecule has 3 rings (SSSR count). The molecule has 150 valence electrons. The van der Waals surface area contributed by atoms with E-state index in [2.05, 4.69) is 4.99 Å². The summed E-state index contributed by atoms with van der Waals surface area (Å²) < 4.78 is 5.01. The Morgan fingerprint density at radius 1 is 1.31 bits per heavy atom. The predicted octanol–water partition coefficient (Wildman–Crippen LogP) is 4.24. The van der Waals surface area contributed by atoms with Gasteiger partial charge in [-0.3, -0.25) is 19.8 Å². The number of hydrogen-bond acceptors (Lipinski definition) is 7. The van der Waals surface area contributed by atoms with E-state index in [0.29, 0.717) is 22.2 Å². The molecule has 0 spiro atoms. The Labute approximate surface area is 171 Å². The SMILES string of the molecule is CCN1C(=O)/C(=C\c2cc(OC)c(O)c([N+](=O)[O-])c2)SC1=Nc1ccc(C)cc1. The van der Waals surface area contributed by atoms with E-state index in [0.717, 1.165) is 11.3 Å². The number of nitrogens with zero attached hydrogens (tertiary/aromatic N) is 3. The monoisotopic (exact) mass is 413 g/mol. The van der Waals surface area contributed by atoms with Gasteiger partial charge in [0.1, 0.15) is 0 Å². The minimum atomic E-state index is -0.702. The number of benzene rings is 2. The first-order valence-electron chi connectivity index (χ1n) is 8.76. The molecule has 1 aliphatic rings. The van der Waals surface area contributed by atoms with E-state index in [4.69, 9.17) is 4.74 Å². The summed E-state index contributed by atoms with van der Waals surface area (Å²) in [5.41, 5.74) is 1.72. The average molecular weight is 413 g/mol. The third kappa shape index (κ3) is 4.24. The van der Waals surface area contributed by atoms with E-state index in [1.54, 1.807) is 4.90 Å². The lowest BCUT2D eigenvalue weighted by atomic mass is 10.1. The summed E-state index contributed by atoms with van der Waals surface area (Å²) >= 11 is 1.19. The van der Waals surface area contributed by atoms with Crippen molar-refractivity contribution in [3.63, 3.8) is 0 Å². The fourth-order valence-electron chi connectivity index (χ4n) is 2.74. The molecule has 0 unspecified atom stereocenters. The van der Waals surface area contributed by atoms with Gasteiger partial charge in [0.15, 0.2) is 10.9 Å². The number of ether oxygens (including phenoxy) is 1. The molecule has 0 radical (unpaired) electrons. The summed E-state index contributed by atoms with van der Waals surface area (Å²) in [6.45, 7) is 4.27. The van der Waals surface area contributed by atoms with Crippen molar-refractivity contribution in [1.82, 2.24) is 4.90 Å². The maximum atomic E-state index is 12.8. The Kier molecular flexibility index (Phi) is 5.88. The van der Waals surface area contributed by atoms with E-state index in [1.807, 2.05) is 38.1 Å². The van der Waals surface area contributed by atoms with Crippen molar-refractivity contribution >= 4 is 40.3 Å². The van der Waals surface area contributed by atoms with E-state index in [1.165, 1.54) is 37.1 Å². The van der Waals surface area contributed by atoms with Crippen LogP contribution in [0.2, 0.25) is 0 Å². The van der Waals surface area contributed by atoms with Crippen LogP contribution in [-0.2, 0) is 4.79 Å². The number of nitro benzene ring substituents is 1. The highest BCUT2D eigenvalue weighted by Crippen LogP contribution is 2.39. The number of rotatable bonds is 5. The van der Waals surface area contributed by atoms with E-state index >= 15 is 0 Å². The molecule has 1 heterocycles. The quantitative estimate of drug-likeness (QED) is 0.446. The number of carbonyl (C=O) groups excluding carboxylic acids is 1. The molecular formula is C20H19N3O5S. The Morgan fingerprint density at radius 2 is 2.00 bits per heavy atom. The zero-order valence-corrected chi connectivity index (χ0v) is 16.9. The van der Waals surface area contributed by atoms with Crippen LogP contribution in [0.15, 0.2) is 46.3 Å². The Morgan fingerprint density at radius 3 is 2.59 bits per heavy atom. The first-order valence-corrected chi connectivity index (χ1v) is 9.57. The van der Waals surface area contributed by atoms with Crippen molar-refractivity contribution in [3.05, 3.63) is 62.5 Å². The maximum Gasteiger partial charge on any atom is 0.315 e. The van der Waals surface area contributed by atoms with Crippen molar-refractivity contribution in [2.75, 3.05) is 13.7 Å². The Balaban J connectivity index is 2.00. The highest BCUT2D eigenvalue weighted by Gasteiger charge is 2.32. The van der Waals surface area contributed by atoms with Crippen LogP contribution in [0.4, 0.5) is 11.4 Å². The summed E-state index contributed by atoms with van der Waals surface area (Å²) in [5, 5.41) is 21.6. The number of aliphatic imine (C=N–C) groups is 1. The van der Waals surface area contributed by atoms with E-state index in [-0.39, 0.29) is 11.7 Å². The minimum Gasteiger partial charge on any atom is -0.500 e. The maximum absolute atomic E-state index is 12.8. The van der Waals surface area contributed by atoms with Gasteiger partial charge >= 0.3 is 5.69 Å². The number of amidine groups is 1. The van der Waals surface area contributed by atoms with Crippen LogP contribution in [0.25, 0.3) is 6.08 Å². The predicted molar refractivity (Wildman–Crippen MR) is 113 cm³/mol. The van der Waals surface area contributed by atoms with Gasteiger partial charge in [0.2, 0.25) is 5.75 Å². The molecule has 9 heteroatoms. The lowest BCUT2D eigenvalue weighted by Gasteiger charge is -2.12. The number of hydrogen-bond donors (Lipinski definition) is 1. The highest BCUT2D eigenvalue weighted by molar-refractivity contribution is 8.18. The number of aryl methyl sites for hydroxylation is 1. The number of phenols is 1. The summed E-state index contributed by atoms with van der Waals surface area (Å²) in [6, 6.07) is 10.3. The van der Waals surface area contributed by atoms with Crippen LogP contribution in [-0.4, -0.2) is 39.7 Å². The van der Waals surface area contributed by atoms with Crippen molar-refractivity contribution in [2.45, 2.75) is 13.8 Å². The number of amides is 1. The molecule has 0 saturated carbocycles. The molecule has 0 aromatic heterocycles. The largest absolute Gasteiger partial charge is 0.500 e. The summed E-state index contributed by atoms with van der Waals surface area (Å²) in [5.74, 6) is -0.831. The molecule has 0 bridgehead atoms. The molecular weight excluding hydrogens is 394 g/mol. The van der Waals surface area contributed by atoms with Gasteiger partial charge in [-0.05, 0) is 55.4 Å². The molecule has 1 aliphatic heterocycles. The number of nitro groups is 1. The van der Waals surface area contributed by atoms with E-state index in [9.17, 15) is 20.0 Å². The van der Waals surface area contributed by atoms with Gasteiger partial charge in [0.05, 0.1) is 22.6 Å². The molecule has 8 nitrogen and oxygen atoms in total. The lowest BCUT2D eigenvalue weighted by Crippen LogP contribution is -2.28. The van der Waals surface area contributed by atoms with E-state index < -0.39 is 16.4 Å². The van der Waals surface area contributed by atoms with Gasteiger partial charge in [-0.1, -0.05) is 17.7 Å².